The van der Waals surface area contributed by atoms with Crippen LogP contribution in [0.3, 0.4) is 0 Å². The van der Waals surface area contributed by atoms with E-state index in [4.69, 9.17) is 4.98 Å². The first-order valence-corrected chi connectivity index (χ1v) is 11.8. The maximum atomic E-state index is 12.4. The first kappa shape index (κ1) is 17.9. The van der Waals surface area contributed by atoms with Crippen LogP contribution in [0.2, 0.25) is 0 Å². The van der Waals surface area contributed by atoms with Gasteiger partial charge in [-0.3, -0.25) is 0 Å². The Morgan fingerprint density at radius 3 is 2.62 bits per heavy atom. The Kier molecular flexibility index (Phi) is 5.00. The molecule has 0 spiro atoms. The summed E-state index contributed by atoms with van der Waals surface area (Å²) in [4.78, 5) is 8.05. The highest BCUT2D eigenvalue weighted by molar-refractivity contribution is 7.91. The summed E-state index contributed by atoms with van der Waals surface area (Å²) < 4.78 is 29.1. The molecule has 3 aromatic rings. The smallest absolute Gasteiger partial charge is 0.250 e. The van der Waals surface area contributed by atoms with E-state index in [0.717, 1.165) is 41.5 Å². The number of fused-ring (bicyclic) bond motifs is 1. The fourth-order valence-electron chi connectivity index (χ4n) is 3.18. The van der Waals surface area contributed by atoms with Gasteiger partial charge >= 0.3 is 0 Å². The number of rotatable bonds is 5. The van der Waals surface area contributed by atoms with Gasteiger partial charge in [-0.25, -0.2) is 18.1 Å². The number of sulfonamides is 1. The number of aryl methyl sites for hydroxylation is 1. The number of thiophene rings is 1. The van der Waals surface area contributed by atoms with Crippen molar-refractivity contribution in [3.8, 4) is 0 Å². The molecule has 1 fully saturated rings. The fraction of sp³-hybridized carbons (Fsp3) is 0.389. The van der Waals surface area contributed by atoms with Crippen molar-refractivity contribution in [2.24, 2.45) is 5.92 Å². The highest BCUT2D eigenvalue weighted by Gasteiger charge is 2.24. The minimum Gasteiger partial charge on any atom is -0.348 e. The number of para-hydroxylation sites is 1. The molecule has 0 aliphatic carbocycles. The van der Waals surface area contributed by atoms with Crippen LogP contribution in [0.15, 0.2) is 40.6 Å². The van der Waals surface area contributed by atoms with Crippen molar-refractivity contribution in [1.82, 2.24) is 9.71 Å². The Balaban J connectivity index is 1.33. The number of hydrogen-bond acceptors (Lipinski definition) is 6. The minimum absolute atomic E-state index is 0.372. The Labute approximate surface area is 161 Å². The van der Waals surface area contributed by atoms with Gasteiger partial charge in [0.25, 0.3) is 0 Å². The van der Waals surface area contributed by atoms with Gasteiger partial charge in [-0.05, 0) is 49.9 Å². The normalized spacial score (nSPS) is 16.4. The van der Waals surface area contributed by atoms with Crippen LogP contribution in [0.4, 0.5) is 5.13 Å². The fourth-order valence-corrected chi connectivity index (χ4v) is 6.64. The molecule has 0 saturated carbocycles. The topological polar surface area (TPSA) is 62.3 Å². The maximum Gasteiger partial charge on any atom is 0.250 e. The number of piperidine rings is 1. The van der Waals surface area contributed by atoms with Gasteiger partial charge in [-0.1, -0.05) is 23.5 Å². The van der Waals surface area contributed by atoms with Crippen LogP contribution in [0.25, 0.3) is 10.2 Å². The van der Waals surface area contributed by atoms with Gasteiger partial charge in [0, 0.05) is 24.5 Å². The zero-order valence-corrected chi connectivity index (χ0v) is 17.0. The molecular weight excluding hydrogens is 386 g/mol. The summed E-state index contributed by atoms with van der Waals surface area (Å²) in [6.07, 6.45) is 1.95. The first-order valence-electron chi connectivity index (χ1n) is 8.68. The number of thiazole rings is 1. The van der Waals surface area contributed by atoms with Crippen molar-refractivity contribution in [2.45, 2.75) is 24.0 Å². The van der Waals surface area contributed by atoms with Crippen LogP contribution in [0.1, 0.15) is 17.7 Å². The quantitative estimate of drug-likeness (QED) is 0.698. The largest absolute Gasteiger partial charge is 0.348 e. The SMILES string of the molecule is Cc1ccc(S(=O)(=O)NCC2CCN(c3nc4ccccc4s3)CC2)s1. The van der Waals surface area contributed by atoms with Crippen molar-refractivity contribution in [3.63, 3.8) is 0 Å². The Hall–Kier alpha value is -1.48. The van der Waals surface area contributed by atoms with E-state index in [9.17, 15) is 8.42 Å². The summed E-state index contributed by atoms with van der Waals surface area (Å²) >= 11 is 3.04. The van der Waals surface area contributed by atoms with E-state index in [1.165, 1.54) is 16.0 Å². The molecule has 1 saturated heterocycles. The molecule has 0 atom stereocenters. The summed E-state index contributed by atoms with van der Waals surface area (Å²) in [6, 6.07) is 11.7. The molecule has 0 bridgehead atoms. The van der Waals surface area contributed by atoms with Gasteiger partial charge in [0.1, 0.15) is 4.21 Å². The second-order valence-corrected chi connectivity index (χ2v) is 10.9. The molecule has 4 rings (SSSR count). The Bertz CT molecular complexity index is 969. The molecule has 8 heteroatoms. The minimum atomic E-state index is -3.38. The molecule has 3 heterocycles. The van der Waals surface area contributed by atoms with Crippen LogP contribution in [0.5, 0.6) is 0 Å². The summed E-state index contributed by atoms with van der Waals surface area (Å²) in [5, 5.41) is 1.07. The third kappa shape index (κ3) is 3.78. The van der Waals surface area contributed by atoms with Crippen LogP contribution in [-0.2, 0) is 10.0 Å². The third-order valence-corrected chi connectivity index (χ3v) is 8.72. The maximum absolute atomic E-state index is 12.4. The predicted molar refractivity (Wildman–Crippen MR) is 109 cm³/mol. The predicted octanol–water partition coefficient (Wildman–Crippen LogP) is 3.86. The van der Waals surface area contributed by atoms with Gasteiger partial charge in [-0.15, -0.1) is 11.3 Å². The lowest BCUT2D eigenvalue weighted by Crippen LogP contribution is -2.38. The van der Waals surface area contributed by atoms with E-state index in [1.807, 2.05) is 31.2 Å². The third-order valence-electron chi connectivity index (χ3n) is 4.71. The molecule has 1 aromatic carbocycles. The highest BCUT2D eigenvalue weighted by Crippen LogP contribution is 2.31. The van der Waals surface area contributed by atoms with Crippen LogP contribution < -0.4 is 9.62 Å². The Morgan fingerprint density at radius 2 is 1.92 bits per heavy atom. The van der Waals surface area contributed by atoms with Crippen molar-refractivity contribution >= 4 is 48.0 Å². The number of hydrogen-bond donors (Lipinski definition) is 1. The molecule has 2 aromatic heterocycles. The van der Waals surface area contributed by atoms with E-state index in [-0.39, 0.29) is 0 Å². The van der Waals surface area contributed by atoms with Crippen LogP contribution in [-0.4, -0.2) is 33.0 Å². The molecule has 0 radical (unpaired) electrons. The zero-order chi connectivity index (χ0) is 18.1. The molecule has 1 aliphatic rings. The van der Waals surface area contributed by atoms with E-state index in [1.54, 1.807) is 17.4 Å². The average molecular weight is 408 g/mol. The lowest BCUT2D eigenvalue weighted by atomic mass is 9.97. The van der Waals surface area contributed by atoms with Gasteiger partial charge in [-0.2, -0.15) is 0 Å². The van der Waals surface area contributed by atoms with Crippen LogP contribution in [0, 0.1) is 12.8 Å². The Morgan fingerprint density at radius 1 is 1.15 bits per heavy atom. The first-order chi connectivity index (χ1) is 12.5. The standard InChI is InChI=1S/C18H21N3O2S3/c1-13-6-7-17(24-13)26(22,23)19-12-14-8-10-21(11-9-14)18-20-15-4-2-3-5-16(15)25-18/h2-7,14,19H,8-12H2,1H3. The van der Waals surface area contributed by atoms with Gasteiger partial charge in [0.15, 0.2) is 5.13 Å². The van der Waals surface area contributed by atoms with E-state index >= 15 is 0 Å². The summed E-state index contributed by atoms with van der Waals surface area (Å²) in [5.41, 5.74) is 1.05. The molecular formula is C18H21N3O2S3. The molecule has 26 heavy (non-hydrogen) atoms. The summed E-state index contributed by atoms with van der Waals surface area (Å²) in [6.45, 7) is 4.27. The zero-order valence-electron chi connectivity index (χ0n) is 14.5. The molecule has 1 aliphatic heterocycles. The van der Waals surface area contributed by atoms with Crippen molar-refractivity contribution in [2.75, 3.05) is 24.5 Å². The molecule has 5 nitrogen and oxygen atoms in total. The number of nitrogens with zero attached hydrogens (tertiary/aromatic N) is 2. The van der Waals surface area contributed by atoms with Crippen molar-refractivity contribution in [3.05, 3.63) is 41.3 Å². The van der Waals surface area contributed by atoms with Crippen molar-refractivity contribution in [1.29, 1.82) is 0 Å². The van der Waals surface area contributed by atoms with Gasteiger partial charge in [0.2, 0.25) is 10.0 Å². The highest BCUT2D eigenvalue weighted by atomic mass is 32.2. The van der Waals surface area contributed by atoms with Gasteiger partial charge in [0.05, 0.1) is 10.2 Å². The summed E-state index contributed by atoms with van der Waals surface area (Å²) in [5.74, 6) is 0.372. The number of aromatic nitrogens is 1. The van der Waals surface area contributed by atoms with Crippen molar-refractivity contribution < 1.29 is 8.42 Å². The second-order valence-electron chi connectivity index (χ2n) is 6.61. The number of benzene rings is 1. The lowest BCUT2D eigenvalue weighted by molar-refractivity contribution is 0.402. The monoisotopic (exact) mass is 407 g/mol. The molecule has 0 amide bonds. The summed E-state index contributed by atoms with van der Waals surface area (Å²) in [7, 11) is -3.38. The lowest BCUT2D eigenvalue weighted by Gasteiger charge is -2.31. The molecule has 138 valence electrons. The van der Waals surface area contributed by atoms with E-state index in [0.29, 0.717) is 16.7 Å². The molecule has 0 unspecified atom stereocenters. The number of nitrogens with one attached hydrogen (secondary N) is 1. The van der Waals surface area contributed by atoms with Crippen LogP contribution >= 0.6 is 22.7 Å². The molecule has 1 N–H and O–H groups in total. The van der Waals surface area contributed by atoms with E-state index in [2.05, 4.69) is 15.7 Å². The second kappa shape index (κ2) is 7.26. The van der Waals surface area contributed by atoms with Gasteiger partial charge < -0.3 is 4.90 Å². The number of anilines is 1. The van der Waals surface area contributed by atoms with E-state index < -0.39 is 10.0 Å². The average Bonchev–Trinajstić information content (AvgIpc) is 3.27.